The molecule has 0 aliphatic rings. The fourth-order valence-electron chi connectivity index (χ4n) is 3.56. The van der Waals surface area contributed by atoms with Crippen LogP contribution in [0.4, 0.5) is 0 Å². The summed E-state index contributed by atoms with van der Waals surface area (Å²) in [6, 6.07) is 15.7. The van der Waals surface area contributed by atoms with Crippen molar-refractivity contribution >= 4 is 24.1 Å². The second kappa shape index (κ2) is 15.3. The van der Waals surface area contributed by atoms with Gasteiger partial charge in [-0.3, -0.25) is 14.4 Å². The number of ether oxygens (including phenoxy) is 2. The summed E-state index contributed by atoms with van der Waals surface area (Å²) in [4.78, 5) is 48.0. The van der Waals surface area contributed by atoms with Crippen LogP contribution in [0.15, 0.2) is 54.6 Å². The number of benzene rings is 2. The number of hydrogen-bond donors (Lipinski definition) is 2. The van der Waals surface area contributed by atoms with Crippen molar-refractivity contribution in [2.45, 2.75) is 64.6 Å². The Kier molecular flexibility index (Phi) is 12.2. The third kappa shape index (κ3) is 10.3. The molecule has 2 aromatic carbocycles. The number of carbonyl (C=O) groups is 4. The van der Waals surface area contributed by atoms with E-state index in [0.717, 1.165) is 11.1 Å². The second-order valence-corrected chi connectivity index (χ2v) is 8.95. The zero-order valence-electron chi connectivity index (χ0n) is 21.2. The topological polar surface area (TPSA) is 111 Å². The van der Waals surface area contributed by atoms with Crippen molar-refractivity contribution in [1.29, 1.82) is 0 Å². The number of carbonyl (C=O) groups excluding carboxylic acids is 4. The molecule has 0 aliphatic carbocycles. The van der Waals surface area contributed by atoms with E-state index in [1.165, 1.54) is 7.11 Å². The summed E-state index contributed by atoms with van der Waals surface area (Å²) < 4.78 is 10.4. The van der Waals surface area contributed by atoms with E-state index in [2.05, 4.69) is 15.4 Å². The van der Waals surface area contributed by atoms with Crippen molar-refractivity contribution in [3.63, 3.8) is 0 Å². The molecule has 2 aromatic rings. The lowest BCUT2D eigenvalue weighted by Gasteiger charge is -2.23. The number of amides is 2. The molecule has 36 heavy (non-hydrogen) atoms. The highest BCUT2D eigenvalue weighted by molar-refractivity contribution is 5.89. The highest BCUT2D eigenvalue weighted by Gasteiger charge is 2.26. The molecule has 8 heteroatoms. The van der Waals surface area contributed by atoms with Crippen molar-refractivity contribution in [2.24, 2.45) is 5.92 Å². The summed E-state index contributed by atoms with van der Waals surface area (Å²) in [6.45, 7) is 4.11. The molecule has 0 aliphatic heterocycles. The minimum atomic E-state index is -0.769. The summed E-state index contributed by atoms with van der Waals surface area (Å²) in [5, 5.41) is 5.49. The van der Waals surface area contributed by atoms with E-state index in [-0.39, 0.29) is 30.6 Å². The second-order valence-electron chi connectivity index (χ2n) is 8.95. The molecule has 8 nitrogen and oxygen atoms in total. The largest absolute Gasteiger partial charge is 0.489 e. The number of nitrogens with one attached hydrogen (secondary N) is 2. The number of hydrogen-bond acceptors (Lipinski definition) is 6. The van der Waals surface area contributed by atoms with Gasteiger partial charge in [-0.2, -0.15) is 0 Å². The van der Waals surface area contributed by atoms with Gasteiger partial charge in [-0.25, -0.2) is 0 Å². The highest BCUT2D eigenvalue weighted by Crippen LogP contribution is 2.15. The van der Waals surface area contributed by atoms with Gasteiger partial charge >= 0.3 is 5.97 Å². The zero-order valence-corrected chi connectivity index (χ0v) is 21.2. The van der Waals surface area contributed by atoms with Crippen LogP contribution in [-0.4, -0.2) is 43.3 Å². The normalized spacial score (nSPS) is 12.3. The predicted octanol–water partition coefficient (Wildman–Crippen LogP) is 3.37. The van der Waals surface area contributed by atoms with E-state index >= 15 is 0 Å². The molecule has 0 radical (unpaired) electrons. The fraction of sp³-hybridized carbons (Fsp3) is 0.429. The molecular formula is C28H36N2O6. The molecular weight excluding hydrogens is 460 g/mol. The lowest BCUT2D eigenvalue weighted by atomic mass is 10.0. The van der Waals surface area contributed by atoms with Crippen LogP contribution in [0, 0.1) is 5.92 Å². The van der Waals surface area contributed by atoms with Gasteiger partial charge in [0.2, 0.25) is 11.8 Å². The highest BCUT2D eigenvalue weighted by atomic mass is 16.5. The Bertz CT molecular complexity index is 975. The molecule has 2 amide bonds. The zero-order chi connectivity index (χ0) is 26.3. The van der Waals surface area contributed by atoms with Crippen molar-refractivity contribution in [3.05, 3.63) is 65.7 Å². The molecule has 2 rings (SSSR count). The molecule has 1 unspecified atom stereocenters. The van der Waals surface area contributed by atoms with Crippen LogP contribution in [0.3, 0.4) is 0 Å². The maximum Gasteiger partial charge on any atom is 0.305 e. The van der Waals surface area contributed by atoms with Gasteiger partial charge in [-0.15, -0.1) is 0 Å². The number of methoxy groups -OCH3 is 1. The molecule has 0 fully saturated rings. The van der Waals surface area contributed by atoms with E-state index in [9.17, 15) is 19.2 Å². The van der Waals surface area contributed by atoms with Crippen LogP contribution in [0.1, 0.15) is 50.7 Å². The van der Waals surface area contributed by atoms with Gasteiger partial charge < -0.3 is 24.9 Å². The third-order valence-electron chi connectivity index (χ3n) is 5.65. The van der Waals surface area contributed by atoms with Crippen LogP contribution in [-0.2, 0) is 36.9 Å². The number of esters is 1. The van der Waals surface area contributed by atoms with Gasteiger partial charge in [0.1, 0.15) is 24.7 Å². The third-order valence-corrected chi connectivity index (χ3v) is 5.65. The average molecular weight is 497 g/mol. The Balaban J connectivity index is 1.84. The summed E-state index contributed by atoms with van der Waals surface area (Å²) in [7, 11) is 1.32. The Morgan fingerprint density at radius 2 is 1.56 bits per heavy atom. The number of aldehydes is 1. The molecule has 2 atom stereocenters. The standard InChI is InChI=1S/C28H36N2O6/c1-20(2)27(30-25(32)11-7-8-12-26(33)35-3)28(34)29-23(18-31)17-21-13-15-24(16-14-21)36-19-22-9-5-4-6-10-22/h4-6,9-10,13-16,18,20,23,27H,7-8,11-12,17,19H2,1-3H3,(H,29,34)(H,30,32)/t23?,27-/m0/s1. The summed E-state index contributed by atoms with van der Waals surface area (Å²) in [5.41, 5.74) is 1.94. The lowest BCUT2D eigenvalue weighted by Crippen LogP contribution is -2.52. The minimum absolute atomic E-state index is 0.169. The molecule has 0 bridgehead atoms. The molecule has 0 saturated carbocycles. The maximum atomic E-state index is 12.8. The Hall–Kier alpha value is -3.68. The smallest absolute Gasteiger partial charge is 0.305 e. The first-order chi connectivity index (χ1) is 17.3. The Labute approximate surface area is 212 Å². The molecule has 0 heterocycles. The van der Waals surface area contributed by atoms with Crippen LogP contribution >= 0.6 is 0 Å². The quantitative estimate of drug-likeness (QED) is 0.222. The first-order valence-electron chi connectivity index (χ1n) is 12.2. The van der Waals surface area contributed by atoms with Gasteiger partial charge in [0.05, 0.1) is 13.2 Å². The van der Waals surface area contributed by atoms with E-state index in [4.69, 9.17) is 4.74 Å². The van der Waals surface area contributed by atoms with Crippen LogP contribution in [0.2, 0.25) is 0 Å². The van der Waals surface area contributed by atoms with E-state index < -0.39 is 18.0 Å². The van der Waals surface area contributed by atoms with E-state index in [1.807, 2.05) is 68.4 Å². The fourth-order valence-corrected chi connectivity index (χ4v) is 3.56. The number of rotatable bonds is 15. The molecule has 0 aromatic heterocycles. The Morgan fingerprint density at radius 3 is 2.17 bits per heavy atom. The van der Waals surface area contributed by atoms with Crippen molar-refractivity contribution < 1.29 is 28.7 Å². The van der Waals surface area contributed by atoms with Gasteiger partial charge in [-0.1, -0.05) is 56.3 Å². The van der Waals surface area contributed by atoms with E-state index in [0.29, 0.717) is 37.9 Å². The van der Waals surface area contributed by atoms with Gasteiger partial charge in [0, 0.05) is 12.8 Å². The lowest BCUT2D eigenvalue weighted by molar-refractivity contribution is -0.140. The first-order valence-corrected chi connectivity index (χ1v) is 12.2. The summed E-state index contributed by atoms with van der Waals surface area (Å²) in [6.07, 6.45) is 2.50. The average Bonchev–Trinajstić information content (AvgIpc) is 2.89. The van der Waals surface area contributed by atoms with Gasteiger partial charge in [0.15, 0.2) is 0 Å². The molecule has 0 saturated heterocycles. The van der Waals surface area contributed by atoms with Gasteiger partial charge in [0.25, 0.3) is 0 Å². The summed E-state index contributed by atoms with van der Waals surface area (Å²) >= 11 is 0. The molecule has 194 valence electrons. The summed E-state index contributed by atoms with van der Waals surface area (Å²) in [5.74, 6) is -0.458. The monoisotopic (exact) mass is 496 g/mol. The van der Waals surface area contributed by atoms with E-state index in [1.54, 1.807) is 0 Å². The van der Waals surface area contributed by atoms with Crippen LogP contribution < -0.4 is 15.4 Å². The van der Waals surface area contributed by atoms with Crippen molar-refractivity contribution in [3.8, 4) is 5.75 Å². The van der Waals surface area contributed by atoms with Crippen LogP contribution in [0.25, 0.3) is 0 Å². The Morgan fingerprint density at radius 1 is 0.889 bits per heavy atom. The maximum absolute atomic E-state index is 12.8. The molecule has 2 N–H and O–H groups in total. The minimum Gasteiger partial charge on any atom is -0.489 e. The predicted molar refractivity (Wildman–Crippen MR) is 136 cm³/mol. The van der Waals surface area contributed by atoms with Crippen molar-refractivity contribution in [2.75, 3.05) is 7.11 Å². The SMILES string of the molecule is COC(=O)CCCCC(=O)N[C@H](C(=O)NC(C=O)Cc1ccc(OCc2ccccc2)cc1)C(C)C. The first kappa shape index (κ1) is 28.6. The van der Waals surface area contributed by atoms with Crippen LogP contribution in [0.5, 0.6) is 5.75 Å². The number of unbranched alkanes of at least 4 members (excludes halogenated alkanes) is 1. The molecule has 0 spiro atoms. The van der Waals surface area contributed by atoms with Gasteiger partial charge in [-0.05, 0) is 48.4 Å². The van der Waals surface area contributed by atoms with Crippen molar-refractivity contribution in [1.82, 2.24) is 10.6 Å².